The number of nitrogens with zero attached hydrogens (tertiary/aromatic N) is 2. The predicted octanol–water partition coefficient (Wildman–Crippen LogP) is 4.23. The number of halogens is 1. The Kier molecular flexibility index (Phi) is 7.61. The van der Waals surface area contributed by atoms with Crippen LogP contribution in [0.25, 0.3) is 21.3 Å². The Hall–Kier alpha value is -1.50. The third-order valence-corrected chi connectivity index (χ3v) is 5.74. The van der Waals surface area contributed by atoms with Crippen LogP contribution < -0.4 is 0 Å². The molecular formula is C21H25ClN2O2S. The van der Waals surface area contributed by atoms with Crippen molar-refractivity contribution in [3.63, 3.8) is 0 Å². The summed E-state index contributed by atoms with van der Waals surface area (Å²) in [5, 5.41) is 20.0. The number of fused-ring (bicyclic) bond motifs is 1. The van der Waals surface area contributed by atoms with Crippen molar-refractivity contribution in [2.45, 2.75) is 19.3 Å². The molecule has 6 heteroatoms. The monoisotopic (exact) mass is 404 g/mol. The highest BCUT2D eigenvalue weighted by Crippen LogP contribution is 2.32. The van der Waals surface area contributed by atoms with E-state index in [0.717, 1.165) is 42.1 Å². The highest BCUT2D eigenvalue weighted by atomic mass is 35.5. The topological polar surface area (TPSA) is 56.6 Å². The molecule has 3 rings (SSSR count). The van der Waals surface area contributed by atoms with Crippen LogP contribution >= 0.6 is 23.1 Å². The molecule has 0 spiro atoms. The molecule has 0 radical (unpaired) electrons. The maximum atomic E-state index is 9.06. The Balaban J connectivity index is 1.60. The lowest BCUT2D eigenvalue weighted by atomic mass is 10.0. The molecule has 2 N–H and O–H groups in total. The van der Waals surface area contributed by atoms with Crippen LogP contribution in [0.2, 0.25) is 5.02 Å². The zero-order chi connectivity index (χ0) is 19.1. The Morgan fingerprint density at radius 2 is 1.67 bits per heavy atom. The number of hydrogen-bond donors (Lipinski definition) is 2. The van der Waals surface area contributed by atoms with Gasteiger partial charge in [0.25, 0.3) is 0 Å². The SMILES string of the molecule is OCCN(CCO)CCCCc1ccc2c(-c3ccc(Cl)cc3)nsc2c1. The maximum Gasteiger partial charge on any atom is 0.0919 e. The van der Waals surface area contributed by atoms with Crippen LogP contribution in [0, 0.1) is 0 Å². The summed E-state index contributed by atoms with van der Waals surface area (Å²) in [7, 11) is 0. The number of aromatic nitrogens is 1. The molecule has 1 heterocycles. The number of aliphatic hydroxyl groups excluding tert-OH is 2. The lowest BCUT2D eigenvalue weighted by molar-refractivity contribution is 0.159. The second kappa shape index (κ2) is 10.2. The molecule has 0 atom stereocenters. The molecule has 0 aliphatic rings. The minimum absolute atomic E-state index is 0.137. The van der Waals surface area contributed by atoms with Crippen LogP contribution in [0.4, 0.5) is 0 Å². The van der Waals surface area contributed by atoms with E-state index in [-0.39, 0.29) is 13.2 Å². The Morgan fingerprint density at radius 1 is 0.926 bits per heavy atom. The molecule has 27 heavy (non-hydrogen) atoms. The first-order chi connectivity index (χ1) is 13.2. The van der Waals surface area contributed by atoms with E-state index in [4.69, 9.17) is 21.8 Å². The van der Waals surface area contributed by atoms with Crippen molar-refractivity contribution in [2.24, 2.45) is 0 Å². The number of aryl methyl sites for hydroxylation is 1. The summed E-state index contributed by atoms with van der Waals surface area (Å²) >= 11 is 7.52. The van der Waals surface area contributed by atoms with E-state index >= 15 is 0 Å². The van der Waals surface area contributed by atoms with Crippen LogP contribution in [0.3, 0.4) is 0 Å². The van der Waals surface area contributed by atoms with E-state index in [1.165, 1.54) is 27.2 Å². The van der Waals surface area contributed by atoms with Crippen molar-refractivity contribution in [1.82, 2.24) is 9.27 Å². The van der Waals surface area contributed by atoms with E-state index in [1.54, 1.807) is 0 Å². The van der Waals surface area contributed by atoms with Gasteiger partial charge in [-0.25, -0.2) is 0 Å². The second-order valence-electron chi connectivity index (χ2n) is 6.61. The summed E-state index contributed by atoms with van der Waals surface area (Å²) in [4.78, 5) is 2.10. The Morgan fingerprint density at radius 3 is 2.37 bits per heavy atom. The van der Waals surface area contributed by atoms with Gasteiger partial charge in [0, 0.05) is 29.1 Å². The smallest absolute Gasteiger partial charge is 0.0919 e. The summed E-state index contributed by atoms with van der Waals surface area (Å²) in [5.74, 6) is 0. The standard InChI is InChI=1S/C21H25ClN2O2S/c22-18-7-5-17(6-8-18)21-19-9-4-16(15-20(19)27-23-21)3-1-2-10-24(11-13-25)12-14-26/h4-9,15,25-26H,1-3,10-14H2. The van der Waals surface area contributed by atoms with Gasteiger partial charge >= 0.3 is 0 Å². The van der Waals surface area contributed by atoms with Gasteiger partial charge in [-0.05, 0) is 61.1 Å². The molecule has 4 nitrogen and oxygen atoms in total. The fraction of sp³-hybridized carbons (Fsp3) is 0.381. The van der Waals surface area contributed by atoms with E-state index in [0.29, 0.717) is 13.1 Å². The van der Waals surface area contributed by atoms with Crippen molar-refractivity contribution in [1.29, 1.82) is 0 Å². The normalized spacial score (nSPS) is 11.6. The van der Waals surface area contributed by atoms with Crippen LogP contribution in [-0.4, -0.2) is 52.3 Å². The van der Waals surface area contributed by atoms with Crippen LogP contribution in [-0.2, 0) is 6.42 Å². The highest BCUT2D eigenvalue weighted by molar-refractivity contribution is 7.13. The zero-order valence-electron chi connectivity index (χ0n) is 15.3. The van der Waals surface area contributed by atoms with Gasteiger partial charge in [-0.15, -0.1) is 0 Å². The van der Waals surface area contributed by atoms with Crippen molar-refractivity contribution < 1.29 is 10.2 Å². The van der Waals surface area contributed by atoms with E-state index in [2.05, 4.69) is 27.5 Å². The quantitative estimate of drug-likeness (QED) is 0.496. The summed E-state index contributed by atoms with van der Waals surface area (Å²) in [5.41, 5.74) is 3.43. The third kappa shape index (κ3) is 5.50. The minimum Gasteiger partial charge on any atom is -0.395 e. The molecule has 1 aromatic heterocycles. The zero-order valence-corrected chi connectivity index (χ0v) is 16.8. The summed E-state index contributed by atoms with van der Waals surface area (Å²) in [6.07, 6.45) is 3.16. The first kappa shape index (κ1) is 20.2. The molecule has 2 aromatic carbocycles. The molecule has 0 saturated heterocycles. The molecule has 0 fully saturated rings. The van der Waals surface area contributed by atoms with Gasteiger partial charge in [0.15, 0.2) is 0 Å². The molecule has 0 aliphatic heterocycles. The average molecular weight is 405 g/mol. The molecule has 0 saturated carbocycles. The lowest BCUT2D eigenvalue weighted by Crippen LogP contribution is -2.30. The van der Waals surface area contributed by atoms with Crippen LogP contribution in [0.1, 0.15) is 18.4 Å². The van der Waals surface area contributed by atoms with Crippen LogP contribution in [0.15, 0.2) is 42.5 Å². The van der Waals surface area contributed by atoms with Gasteiger partial charge < -0.3 is 10.2 Å². The Bertz CT molecular complexity index is 845. The first-order valence-electron chi connectivity index (χ1n) is 9.29. The average Bonchev–Trinajstić information content (AvgIpc) is 3.09. The van der Waals surface area contributed by atoms with Gasteiger partial charge in [-0.3, -0.25) is 4.90 Å². The third-order valence-electron chi connectivity index (χ3n) is 4.68. The van der Waals surface area contributed by atoms with Crippen molar-refractivity contribution in [2.75, 3.05) is 32.8 Å². The van der Waals surface area contributed by atoms with Crippen LogP contribution in [0.5, 0.6) is 0 Å². The minimum atomic E-state index is 0.137. The van der Waals surface area contributed by atoms with E-state index in [1.807, 2.05) is 24.3 Å². The molecule has 0 aliphatic carbocycles. The molecule has 3 aromatic rings. The van der Waals surface area contributed by atoms with Gasteiger partial charge in [-0.1, -0.05) is 35.9 Å². The van der Waals surface area contributed by atoms with Gasteiger partial charge in [-0.2, -0.15) is 4.37 Å². The lowest BCUT2D eigenvalue weighted by Gasteiger charge is -2.19. The predicted molar refractivity (Wildman–Crippen MR) is 114 cm³/mol. The van der Waals surface area contributed by atoms with E-state index in [9.17, 15) is 0 Å². The van der Waals surface area contributed by atoms with Crippen molar-refractivity contribution in [3.05, 3.63) is 53.1 Å². The summed E-state index contributed by atoms with van der Waals surface area (Å²) in [6, 6.07) is 14.4. The number of aliphatic hydroxyl groups is 2. The van der Waals surface area contributed by atoms with Gasteiger partial charge in [0.1, 0.15) is 0 Å². The fourth-order valence-electron chi connectivity index (χ4n) is 3.24. The maximum absolute atomic E-state index is 9.06. The Labute approximate surface area is 169 Å². The number of hydrogen-bond acceptors (Lipinski definition) is 5. The fourth-order valence-corrected chi connectivity index (χ4v) is 4.22. The number of unbranched alkanes of at least 4 members (excludes halogenated alkanes) is 1. The highest BCUT2D eigenvalue weighted by Gasteiger charge is 2.09. The van der Waals surface area contributed by atoms with Gasteiger partial charge in [0.2, 0.25) is 0 Å². The van der Waals surface area contributed by atoms with Crippen molar-refractivity contribution in [3.8, 4) is 11.3 Å². The molecular weight excluding hydrogens is 380 g/mol. The molecule has 0 amide bonds. The van der Waals surface area contributed by atoms with Gasteiger partial charge in [0.05, 0.1) is 23.6 Å². The number of rotatable bonds is 10. The summed E-state index contributed by atoms with van der Waals surface area (Å²) in [6.45, 7) is 2.43. The van der Waals surface area contributed by atoms with Crippen molar-refractivity contribution >= 4 is 33.2 Å². The molecule has 0 unspecified atom stereocenters. The molecule has 144 valence electrons. The summed E-state index contributed by atoms with van der Waals surface area (Å²) < 4.78 is 5.85. The first-order valence-corrected chi connectivity index (χ1v) is 10.4. The largest absolute Gasteiger partial charge is 0.395 e. The second-order valence-corrected chi connectivity index (χ2v) is 7.86. The molecule has 0 bridgehead atoms. The van der Waals surface area contributed by atoms with E-state index < -0.39 is 0 Å². The number of benzene rings is 2.